The number of benzene rings is 1. The maximum absolute atomic E-state index is 2.23. The van der Waals surface area contributed by atoms with Crippen LogP contribution < -0.4 is 4.48 Å². The fourth-order valence-corrected chi connectivity index (χ4v) is 1.67. The lowest BCUT2D eigenvalue weighted by atomic mass is 10.0. The Hall–Kier alpha value is -0.820. The summed E-state index contributed by atoms with van der Waals surface area (Å²) in [6, 6.07) is 4.44. The van der Waals surface area contributed by atoms with Crippen LogP contribution in [0.1, 0.15) is 16.7 Å². The molecule has 0 aliphatic heterocycles. The number of hydrogen-bond acceptors (Lipinski definition) is 0. The van der Waals surface area contributed by atoms with Crippen LogP contribution in [0.2, 0.25) is 0 Å². The van der Waals surface area contributed by atoms with Gasteiger partial charge in [0, 0.05) is 5.56 Å². The van der Waals surface area contributed by atoms with Crippen LogP contribution in [0.25, 0.3) is 0 Å². The molecule has 0 saturated heterocycles. The van der Waals surface area contributed by atoms with E-state index in [9.17, 15) is 0 Å². The molecule has 1 heteroatoms. The average Bonchev–Trinajstić information content (AvgIpc) is 1.98. The molecule has 0 atom stereocenters. The Labute approximate surface area is 81.6 Å². The molecule has 13 heavy (non-hydrogen) atoms. The molecule has 0 saturated carbocycles. The van der Waals surface area contributed by atoms with Gasteiger partial charge in [-0.3, -0.25) is 4.48 Å². The Bertz CT molecular complexity index is 319. The van der Waals surface area contributed by atoms with E-state index in [1.165, 1.54) is 22.4 Å². The minimum atomic E-state index is 0.896. The highest BCUT2D eigenvalue weighted by Crippen LogP contribution is 2.26. The molecule has 0 aliphatic carbocycles. The van der Waals surface area contributed by atoms with Crippen LogP contribution in [-0.4, -0.2) is 21.1 Å². The second-order valence-corrected chi connectivity index (χ2v) is 4.66. The summed E-state index contributed by atoms with van der Waals surface area (Å²) in [4.78, 5) is 0. The van der Waals surface area contributed by atoms with E-state index in [1.54, 1.807) is 0 Å². The third-order valence-corrected chi connectivity index (χ3v) is 2.75. The lowest BCUT2D eigenvalue weighted by Gasteiger charge is -2.26. The molecule has 1 aromatic carbocycles. The highest BCUT2D eigenvalue weighted by molar-refractivity contribution is 5.54. The van der Waals surface area contributed by atoms with E-state index in [2.05, 4.69) is 54.0 Å². The molecule has 1 nitrogen and oxygen atoms in total. The van der Waals surface area contributed by atoms with Crippen molar-refractivity contribution in [2.24, 2.45) is 0 Å². The van der Waals surface area contributed by atoms with Crippen LogP contribution in [0, 0.1) is 20.8 Å². The maximum Gasteiger partial charge on any atom is 0.135 e. The minimum Gasteiger partial charge on any atom is -0.298 e. The first-order chi connectivity index (χ1) is 5.84. The van der Waals surface area contributed by atoms with E-state index in [4.69, 9.17) is 0 Å². The fourth-order valence-electron chi connectivity index (χ4n) is 1.67. The van der Waals surface area contributed by atoms with Crippen molar-refractivity contribution in [1.29, 1.82) is 0 Å². The largest absolute Gasteiger partial charge is 0.298 e. The Kier molecular flexibility index (Phi) is 2.49. The molecule has 0 unspecified atom stereocenters. The first-order valence-electron chi connectivity index (χ1n) is 4.73. The maximum atomic E-state index is 2.23. The molecule has 0 radical (unpaired) electrons. The number of nitrogens with zero attached hydrogens (tertiary/aromatic N) is 1. The Morgan fingerprint density at radius 2 is 1.38 bits per heavy atom. The van der Waals surface area contributed by atoms with Crippen molar-refractivity contribution in [3.8, 4) is 0 Å². The summed E-state index contributed by atoms with van der Waals surface area (Å²) in [6.45, 7) is 6.58. The Balaban J connectivity index is 3.35. The predicted octanol–water partition coefficient (Wildman–Crippen LogP) is 2.81. The highest BCUT2D eigenvalue weighted by Gasteiger charge is 2.16. The zero-order valence-corrected chi connectivity index (χ0v) is 9.60. The Morgan fingerprint density at radius 1 is 0.846 bits per heavy atom. The van der Waals surface area contributed by atoms with Crippen LogP contribution >= 0.6 is 0 Å². The quantitative estimate of drug-likeness (QED) is 0.580. The first-order valence-corrected chi connectivity index (χ1v) is 4.73. The molecule has 72 valence electrons. The van der Waals surface area contributed by atoms with E-state index >= 15 is 0 Å². The van der Waals surface area contributed by atoms with Gasteiger partial charge in [-0.1, -0.05) is 6.07 Å². The second-order valence-electron chi connectivity index (χ2n) is 4.66. The van der Waals surface area contributed by atoms with Crippen molar-refractivity contribution in [2.75, 3.05) is 21.1 Å². The van der Waals surface area contributed by atoms with Crippen molar-refractivity contribution in [3.05, 3.63) is 28.8 Å². The molecular formula is C12H20N+. The summed E-state index contributed by atoms with van der Waals surface area (Å²) in [6.07, 6.45) is 0. The highest BCUT2D eigenvalue weighted by atomic mass is 15.3. The molecule has 0 aromatic heterocycles. The van der Waals surface area contributed by atoms with Gasteiger partial charge in [0.1, 0.15) is 5.69 Å². The molecule has 0 bridgehead atoms. The SMILES string of the molecule is Cc1ccc([N+](C)(C)C)c(C)c1C. The lowest BCUT2D eigenvalue weighted by molar-refractivity contribution is 0.483. The topological polar surface area (TPSA) is 0 Å². The summed E-state index contributed by atoms with van der Waals surface area (Å²) in [5.41, 5.74) is 5.64. The third kappa shape index (κ3) is 1.92. The number of aryl methyl sites for hydroxylation is 1. The standard InChI is InChI=1S/C12H20N/c1-9-7-8-12(13(4,5)6)11(3)10(9)2/h7-8H,1-6H3/q+1. The predicted molar refractivity (Wildman–Crippen MR) is 60.2 cm³/mol. The summed E-state index contributed by atoms with van der Waals surface area (Å²) in [5, 5.41) is 0. The van der Waals surface area contributed by atoms with Gasteiger partial charge in [-0.25, -0.2) is 0 Å². The molecule has 0 spiro atoms. The zero-order valence-electron chi connectivity index (χ0n) is 9.60. The lowest BCUT2D eigenvalue weighted by Crippen LogP contribution is -2.35. The van der Waals surface area contributed by atoms with Gasteiger partial charge in [-0.05, 0) is 38.0 Å². The molecule has 0 heterocycles. The number of quaternary nitrogens is 1. The molecule has 1 rings (SSSR count). The van der Waals surface area contributed by atoms with Gasteiger partial charge in [0.15, 0.2) is 0 Å². The van der Waals surface area contributed by atoms with E-state index in [-0.39, 0.29) is 0 Å². The zero-order chi connectivity index (χ0) is 10.2. The summed E-state index contributed by atoms with van der Waals surface area (Å²) < 4.78 is 0.896. The van der Waals surface area contributed by atoms with Crippen molar-refractivity contribution in [3.63, 3.8) is 0 Å². The summed E-state index contributed by atoms with van der Waals surface area (Å²) in [5.74, 6) is 0. The van der Waals surface area contributed by atoms with Gasteiger partial charge in [0.2, 0.25) is 0 Å². The van der Waals surface area contributed by atoms with Crippen LogP contribution in [0.3, 0.4) is 0 Å². The normalized spacial score (nSPS) is 11.8. The van der Waals surface area contributed by atoms with Crippen molar-refractivity contribution >= 4 is 5.69 Å². The Morgan fingerprint density at radius 3 is 1.85 bits per heavy atom. The van der Waals surface area contributed by atoms with Crippen molar-refractivity contribution in [2.45, 2.75) is 20.8 Å². The smallest absolute Gasteiger partial charge is 0.135 e. The molecular weight excluding hydrogens is 158 g/mol. The van der Waals surface area contributed by atoms with Crippen LogP contribution in [-0.2, 0) is 0 Å². The first kappa shape index (κ1) is 10.3. The number of hydrogen-bond donors (Lipinski definition) is 0. The van der Waals surface area contributed by atoms with Gasteiger partial charge in [0.05, 0.1) is 21.1 Å². The van der Waals surface area contributed by atoms with E-state index < -0.39 is 0 Å². The minimum absolute atomic E-state index is 0.896. The van der Waals surface area contributed by atoms with Crippen molar-refractivity contribution < 1.29 is 0 Å². The van der Waals surface area contributed by atoms with Gasteiger partial charge in [0.25, 0.3) is 0 Å². The number of rotatable bonds is 1. The molecule has 0 N–H and O–H groups in total. The van der Waals surface area contributed by atoms with Gasteiger partial charge in [-0.2, -0.15) is 0 Å². The van der Waals surface area contributed by atoms with Crippen molar-refractivity contribution in [1.82, 2.24) is 4.48 Å². The van der Waals surface area contributed by atoms with Gasteiger partial charge < -0.3 is 0 Å². The van der Waals surface area contributed by atoms with E-state index in [0.29, 0.717) is 0 Å². The van der Waals surface area contributed by atoms with E-state index in [1.807, 2.05) is 0 Å². The van der Waals surface area contributed by atoms with Crippen LogP contribution in [0.5, 0.6) is 0 Å². The third-order valence-electron chi connectivity index (χ3n) is 2.75. The monoisotopic (exact) mass is 178 g/mol. The molecule has 1 aromatic rings. The van der Waals surface area contributed by atoms with Crippen LogP contribution in [0.15, 0.2) is 12.1 Å². The van der Waals surface area contributed by atoms with Crippen LogP contribution in [0.4, 0.5) is 5.69 Å². The van der Waals surface area contributed by atoms with Gasteiger partial charge >= 0.3 is 0 Å². The fraction of sp³-hybridized carbons (Fsp3) is 0.500. The van der Waals surface area contributed by atoms with E-state index in [0.717, 1.165) is 4.48 Å². The second kappa shape index (κ2) is 3.15. The molecule has 0 fully saturated rings. The molecule has 0 amide bonds. The summed E-state index contributed by atoms with van der Waals surface area (Å²) in [7, 11) is 6.62. The molecule has 0 aliphatic rings. The average molecular weight is 178 g/mol. The summed E-state index contributed by atoms with van der Waals surface area (Å²) >= 11 is 0. The van der Waals surface area contributed by atoms with Gasteiger partial charge in [-0.15, -0.1) is 0 Å².